The Bertz CT molecular complexity index is 1020. The topological polar surface area (TPSA) is 72.0 Å². The van der Waals surface area contributed by atoms with E-state index in [0.29, 0.717) is 23.0 Å². The molecule has 0 bridgehead atoms. The minimum atomic E-state index is -0.365. The minimum absolute atomic E-state index is 0.355. The first-order valence-corrected chi connectivity index (χ1v) is 9.61. The number of carbonyl (C=O) groups is 1. The number of thiocarbonyl (C=S) groups is 1. The van der Waals surface area contributed by atoms with Gasteiger partial charge in [-0.15, -0.1) is 0 Å². The van der Waals surface area contributed by atoms with Gasteiger partial charge in [0.15, 0.2) is 5.11 Å². The Morgan fingerprint density at radius 1 is 1.00 bits per heavy atom. The van der Waals surface area contributed by atoms with Gasteiger partial charge in [0.1, 0.15) is 12.4 Å². The van der Waals surface area contributed by atoms with Crippen LogP contribution in [0.5, 0.6) is 5.75 Å². The maximum Gasteiger partial charge on any atom is 0.337 e. The summed E-state index contributed by atoms with van der Waals surface area (Å²) in [7, 11) is 1.36. The monoisotopic (exact) mass is 419 g/mol. The Hall–Kier alpha value is -3.71. The number of rotatable bonds is 7. The van der Waals surface area contributed by atoms with Crippen molar-refractivity contribution in [3.63, 3.8) is 0 Å². The predicted octanol–water partition coefficient (Wildman–Crippen LogP) is 4.37. The Kier molecular flexibility index (Phi) is 7.51. The van der Waals surface area contributed by atoms with Gasteiger partial charge in [-0.3, -0.25) is 5.43 Å². The standard InChI is InChI=1S/C23H21N3O3S/c1-28-22(27)18-13-11-17(12-14-18)16-29-21-10-6-5-7-19(21)15-24-26-23(30)25-20-8-3-2-4-9-20/h2-15H,16H2,1H3,(H2,25,26,30)/b24-15+. The van der Waals surface area contributed by atoms with Gasteiger partial charge < -0.3 is 14.8 Å². The molecule has 0 aliphatic carbocycles. The molecule has 3 aromatic rings. The highest BCUT2D eigenvalue weighted by Gasteiger charge is 2.06. The Morgan fingerprint density at radius 2 is 1.70 bits per heavy atom. The van der Waals surface area contributed by atoms with Crippen LogP contribution in [0.25, 0.3) is 0 Å². The molecule has 0 atom stereocenters. The summed E-state index contributed by atoms with van der Waals surface area (Å²) in [5, 5.41) is 7.62. The first-order valence-electron chi connectivity index (χ1n) is 9.20. The van der Waals surface area contributed by atoms with Crippen LogP contribution in [0, 0.1) is 0 Å². The van der Waals surface area contributed by atoms with E-state index < -0.39 is 0 Å². The number of nitrogens with one attached hydrogen (secondary N) is 2. The van der Waals surface area contributed by atoms with Crippen molar-refractivity contribution in [1.82, 2.24) is 5.43 Å². The van der Waals surface area contributed by atoms with Gasteiger partial charge in [0.05, 0.1) is 18.9 Å². The van der Waals surface area contributed by atoms with Crippen molar-refractivity contribution < 1.29 is 14.3 Å². The first kappa shape index (κ1) is 21.0. The molecule has 0 saturated carbocycles. The van der Waals surface area contributed by atoms with E-state index in [0.717, 1.165) is 16.8 Å². The van der Waals surface area contributed by atoms with E-state index in [2.05, 4.69) is 15.8 Å². The Labute approximate surface area is 180 Å². The summed E-state index contributed by atoms with van der Waals surface area (Å²) in [6.07, 6.45) is 1.65. The highest BCUT2D eigenvalue weighted by molar-refractivity contribution is 7.80. The predicted molar refractivity (Wildman–Crippen MR) is 122 cm³/mol. The van der Waals surface area contributed by atoms with Crippen LogP contribution in [0.1, 0.15) is 21.5 Å². The zero-order valence-electron chi connectivity index (χ0n) is 16.4. The number of hydrazone groups is 1. The van der Waals surface area contributed by atoms with Crippen LogP contribution in [0.15, 0.2) is 84.0 Å². The molecule has 0 aliphatic rings. The number of carbonyl (C=O) groups excluding carboxylic acids is 1. The Morgan fingerprint density at radius 3 is 2.43 bits per heavy atom. The average Bonchev–Trinajstić information content (AvgIpc) is 2.79. The zero-order chi connectivity index (χ0) is 21.2. The molecule has 0 fully saturated rings. The lowest BCUT2D eigenvalue weighted by molar-refractivity contribution is 0.0600. The van der Waals surface area contributed by atoms with Crippen LogP contribution in [0.4, 0.5) is 5.69 Å². The molecule has 0 unspecified atom stereocenters. The second kappa shape index (κ2) is 10.7. The molecule has 3 rings (SSSR count). The SMILES string of the molecule is COC(=O)c1ccc(COc2ccccc2/C=N/NC(=S)Nc2ccccc2)cc1. The largest absolute Gasteiger partial charge is 0.488 e. The van der Waals surface area contributed by atoms with Crippen LogP contribution in [0.2, 0.25) is 0 Å². The van der Waals surface area contributed by atoms with Crippen molar-refractivity contribution in [2.75, 3.05) is 12.4 Å². The van der Waals surface area contributed by atoms with Crippen molar-refractivity contribution in [3.05, 3.63) is 95.6 Å². The van der Waals surface area contributed by atoms with E-state index in [-0.39, 0.29) is 5.97 Å². The van der Waals surface area contributed by atoms with Crippen LogP contribution in [-0.2, 0) is 11.3 Å². The third-order valence-electron chi connectivity index (χ3n) is 4.09. The quantitative estimate of drug-likeness (QED) is 0.256. The van der Waals surface area contributed by atoms with Gasteiger partial charge in [-0.25, -0.2) is 4.79 Å². The lowest BCUT2D eigenvalue weighted by Gasteiger charge is -2.10. The van der Waals surface area contributed by atoms with Gasteiger partial charge in [0.2, 0.25) is 0 Å². The fraction of sp³-hybridized carbons (Fsp3) is 0.0870. The number of benzene rings is 3. The zero-order valence-corrected chi connectivity index (χ0v) is 17.2. The fourth-order valence-electron chi connectivity index (χ4n) is 2.58. The molecular weight excluding hydrogens is 398 g/mol. The number of hydrogen-bond acceptors (Lipinski definition) is 5. The summed E-state index contributed by atoms with van der Waals surface area (Å²) in [6.45, 7) is 0.355. The molecule has 0 amide bonds. The van der Waals surface area contributed by atoms with Crippen molar-refractivity contribution in [2.45, 2.75) is 6.61 Å². The number of ether oxygens (including phenoxy) is 2. The normalized spacial score (nSPS) is 10.4. The van der Waals surface area contributed by atoms with E-state index in [1.807, 2.05) is 66.7 Å². The number of para-hydroxylation sites is 2. The van der Waals surface area contributed by atoms with Crippen molar-refractivity contribution in [1.29, 1.82) is 0 Å². The maximum atomic E-state index is 11.5. The van der Waals surface area contributed by atoms with Crippen LogP contribution in [0.3, 0.4) is 0 Å². The molecule has 0 spiro atoms. The molecule has 0 radical (unpaired) electrons. The second-order valence-electron chi connectivity index (χ2n) is 6.21. The van der Waals surface area contributed by atoms with E-state index in [9.17, 15) is 4.79 Å². The van der Waals surface area contributed by atoms with Crippen molar-refractivity contribution >= 4 is 35.2 Å². The van der Waals surface area contributed by atoms with E-state index >= 15 is 0 Å². The molecule has 152 valence electrons. The van der Waals surface area contributed by atoms with Gasteiger partial charge in [-0.05, 0) is 54.2 Å². The summed E-state index contributed by atoms with van der Waals surface area (Å²) < 4.78 is 10.6. The van der Waals surface area contributed by atoms with Gasteiger partial charge in [-0.1, -0.05) is 42.5 Å². The highest BCUT2D eigenvalue weighted by atomic mass is 32.1. The summed E-state index contributed by atoms with van der Waals surface area (Å²) in [5.41, 5.74) is 5.91. The molecule has 0 aromatic heterocycles. The molecule has 0 heterocycles. The lowest BCUT2D eigenvalue weighted by atomic mass is 10.1. The molecule has 30 heavy (non-hydrogen) atoms. The van der Waals surface area contributed by atoms with Crippen LogP contribution < -0.4 is 15.5 Å². The lowest BCUT2D eigenvalue weighted by Crippen LogP contribution is -2.23. The van der Waals surface area contributed by atoms with Crippen molar-refractivity contribution in [2.24, 2.45) is 5.10 Å². The number of nitrogens with zero attached hydrogens (tertiary/aromatic N) is 1. The number of hydrogen-bond donors (Lipinski definition) is 2. The third-order valence-corrected chi connectivity index (χ3v) is 4.28. The smallest absolute Gasteiger partial charge is 0.337 e. The summed E-state index contributed by atoms with van der Waals surface area (Å²) in [6, 6.07) is 24.2. The van der Waals surface area contributed by atoms with Crippen molar-refractivity contribution in [3.8, 4) is 5.75 Å². The van der Waals surface area contributed by atoms with Crippen LogP contribution >= 0.6 is 12.2 Å². The van der Waals surface area contributed by atoms with Crippen LogP contribution in [-0.4, -0.2) is 24.4 Å². The Balaban J connectivity index is 1.57. The summed E-state index contributed by atoms with van der Waals surface area (Å²) in [4.78, 5) is 11.5. The highest BCUT2D eigenvalue weighted by Crippen LogP contribution is 2.18. The average molecular weight is 420 g/mol. The van der Waals surface area contributed by atoms with Gasteiger partial charge in [-0.2, -0.15) is 5.10 Å². The molecule has 0 saturated heterocycles. The molecule has 7 heteroatoms. The van der Waals surface area contributed by atoms with Gasteiger partial charge in [0, 0.05) is 11.3 Å². The maximum absolute atomic E-state index is 11.5. The minimum Gasteiger partial charge on any atom is -0.488 e. The van der Waals surface area contributed by atoms with Gasteiger partial charge in [0.25, 0.3) is 0 Å². The third kappa shape index (κ3) is 6.15. The van der Waals surface area contributed by atoms with Gasteiger partial charge >= 0.3 is 5.97 Å². The van der Waals surface area contributed by atoms with E-state index in [4.69, 9.17) is 21.7 Å². The number of esters is 1. The van der Waals surface area contributed by atoms with E-state index in [1.165, 1.54) is 7.11 Å². The second-order valence-corrected chi connectivity index (χ2v) is 6.61. The summed E-state index contributed by atoms with van der Waals surface area (Å²) in [5.74, 6) is 0.318. The summed E-state index contributed by atoms with van der Waals surface area (Å²) >= 11 is 5.24. The van der Waals surface area contributed by atoms with E-state index in [1.54, 1.807) is 18.3 Å². The molecule has 0 aliphatic heterocycles. The molecule has 3 aromatic carbocycles. The molecule has 6 nitrogen and oxygen atoms in total. The number of methoxy groups -OCH3 is 1. The molecule has 2 N–H and O–H groups in total. The number of anilines is 1. The fourth-order valence-corrected chi connectivity index (χ4v) is 2.75. The molecular formula is C23H21N3O3S. The first-order chi connectivity index (χ1) is 14.7.